The summed E-state index contributed by atoms with van der Waals surface area (Å²) in [6, 6.07) is 4.55. The standard InChI is InChI=1S/C6H5ClN.C2H6.Y/c1-5-2-3-6(7)8-4-5;1-2;/h3-4H,1H3;1-2H3;/q-1;;. The number of aryl methyl sites for hydroxylation is 1. The molecule has 0 aliphatic rings. The largest absolute Gasteiger partial charge is 0.372 e. The van der Waals surface area contributed by atoms with Crippen LogP contribution in [0, 0.1) is 13.0 Å². The summed E-state index contributed by atoms with van der Waals surface area (Å²) in [5.74, 6) is 0. The molecule has 1 rings (SSSR count). The minimum Gasteiger partial charge on any atom is -0.372 e. The average molecular weight is 246 g/mol. The van der Waals surface area contributed by atoms with Crippen molar-refractivity contribution in [3.05, 3.63) is 29.0 Å². The normalized spacial score (nSPS) is 7.27. The molecule has 59 valence electrons. The molecule has 1 nitrogen and oxygen atoms in total. The Hall–Kier alpha value is 0.544. The van der Waals surface area contributed by atoms with Crippen LogP contribution in [0.5, 0.6) is 0 Å². The van der Waals surface area contributed by atoms with E-state index in [0.717, 1.165) is 5.56 Å². The topological polar surface area (TPSA) is 12.9 Å². The van der Waals surface area contributed by atoms with Gasteiger partial charge in [0.25, 0.3) is 0 Å². The van der Waals surface area contributed by atoms with E-state index in [1.54, 1.807) is 12.3 Å². The fourth-order valence-electron chi connectivity index (χ4n) is 0.406. The molecule has 0 atom stereocenters. The third-order valence-electron chi connectivity index (χ3n) is 0.800. The van der Waals surface area contributed by atoms with Crippen molar-refractivity contribution >= 4 is 11.6 Å². The van der Waals surface area contributed by atoms with Crippen LogP contribution in [0.1, 0.15) is 19.4 Å². The van der Waals surface area contributed by atoms with Gasteiger partial charge in [-0.3, -0.25) is 0 Å². The summed E-state index contributed by atoms with van der Waals surface area (Å²) in [6.07, 6.45) is 1.68. The molecule has 0 aliphatic heterocycles. The Balaban J connectivity index is 0. The van der Waals surface area contributed by atoms with E-state index >= 15 is 0 Å². The van der Waals surface area contributed by atoms with Crippen LogP contribution < -0.4 is 0 Å². The third kappa shape index (κ3) is 6.92. The van der Waals surface area contributed by atoms with Crippen molar-refractivity contribution in [1.29, 1.82) is 0 Å². The molecule has 0 N–H and O–H groups in total. The fraction of sp³-hybridized carbons (Fsp3) is 0.375. The van der Waals surface area contributed by atoms with E-state index in [1.807, 2.05) is 20.8 Å². The van der Waals surface area contributed by atoms with Gasteiger partial charge in [0.15, 0.2) is 0 Å². The van der Waals surface area contributed by atoms with Crippen LogP contribution in [0.2, 0.25) is 5.15 Å². The van der Waals surface area contributed by atoms with Crippen molar-refractivity contribution in [2.75, 3.05) is 0 Å². The summed E-state index contributed by atoms with van der Waals surface area (Å²) in [6.45, 7) is 5.92. The van der Waals surface area contributed by atoms with Crippen LogP contribution in [0.15, 0.2) is 12.3 Å². The molecule has 1 heterocycles. The molecule has 1 radical (unpaired) electrons. The molecule has 0 aromatic carbocycles. The number of nitrogens with zero attached hydrogens (tertiary/aromatic N) is 1. The molecule has 1 aromatic heterocycles. The van der Waals surface area contributed by atoms with Crippen molar-refractivity contribution in [3.63, 3.8) is 0 Å². The van der Waals surface area contributed by atoms with Gasteiger partial charge in [-0.1, -0.05) is 27.0 Å². The Morgan fingerprint density at radius 1 is 1.45 bits per heavy atom. The number of aromatic nitrogens is 1. The molecular weight excluding hydrogens is 234 g/mol. The summed E-state index contributed by atoms with van der Waals surface area (Å²) >= 11 is 5.47. The van der Waals surface area contributed by atoms with Crippen molar-refractivity contribution < 1.29 is 32.7 Å². The number of hydrogen-bond acceptors (Lipinski definition) is 1. The molecule has 0 saturated carbocycles. The first kappa shape index (κ1) is 14.1. The van der Waals surface area contributed by atoms with Crippen LogP contribution in [0.4, 0.5) is 0 Å². The van der Waals surface area contributed by atoms with Crippen LogP contribution >= 0.6 is 11.6 Å². The van der Waals surface area contributed by atoms with Crippen molar-refractivity contribution in [1.82, 2.24) is 4.98 Å². The van der Waals surface area contributed by atoms with E-state index in [0.29, 0.717) is 5.15 Å². The van der Waals surface area contributed by atoms with Gasteiger partial charge in [-0.25, -0.2) is 0 Å². The Morgan fingerprint density at radius 2 is 2.00 bits per heavy atom. The molecule has 0 bridgehead atoms. The van der Waals surface area contributed by atoms with E-state index in [2.05, 4.69) is 11.1 Å². The maximum atomic E-state index is 5.47. The van der Waals surface area contributed by atoms with Gasteiger partial charge in [-0.15, -0.1) is 23.2 Å². The summed E-state index contributed by atoms with van der Waals surface area (Å²) in [5.41, 5.74) is 1.01. The van der Waals surface area contributed by atoms with Gasteiger partial charge in [0.05, 0.1) is 0 Å². The van der Waals surface area contributed by atoms with E-state index in [1.165, 1.54) is 0 Å². The first-order valence-corrected chi connectivity index (χ1v) is 3.66. The van der Waals surface area contributed by atoms with Crippen molar-refractivity contribution in [3.8, 4) is 0 Å². The number of pyridine rings is 1. The SMILES string of the molecule is CC.Cc1[c-]cc(Cl)nc1.[Y]. The van der Waals surface area contributed by atoms with Crippen LogP contribution in [0.25, 0.3) is 0 Å². The predicted octanol–water partition coefficient (Wildman–Crippen LogP) is 2.87. The summed E-state index contributed by atoms with van der Waals surface area (Å²) in [5, 5.41) is 0.496. The van der Waals surface area contributed by atoms with Gasteiger partial charge in [-0.05, 0) is 0 Å². The van der Waals surface area contributed by atoms with E-state index < -0.39 is 0 Å². The van der Waals surface area contributed by atoms with E-state index in [4.69, 9.17) is 11.6 Å². The van der Waals surface area contributed by atoms with Crippen LogP contribution in [-0.4, -0.2) is 4.98 Å². The number of rotatable bonds is 0. The average Bonchev–Trinajstić information content (AvgIpc) is 2.00. The van der Waals surface area contributed by atoms with Gasteiger partial charge >= 0.3 is 0 Å². The molecule has 1 aromatic rings. The van der Waals surface area contributed by atoms with Crippen molar-refractivity contribution in [2.45, 2.75) is 20.8 Å². The second kappa shape index (κ2) is 8.64. The van der Waals surface area contributed by atoms with Gasteiger partial charge in [0.1, 0.15) is 0 Å². The zero-order valence-corrected chi connectivity index (χ0v) is 10.7. The monoisotopic (exact) mass is 245 g/mol. The minimum atomic E-state index is 0. The van der Waals surface area contributed by atoms with Crippen LogP contribution in [-0.2, 0) is 32.7 Å². The van der Waals surface area contributed by atoms with E-state index in [-0.39, 0.29) is 32.7 Å². The zero-order valence-electron chi connectivity index (χ0n) is 7.06. The summed E-state index contributed by atoms with van der Waals surface area (Å²) < 4.78 is 0. The Labute approximate surface area is 98.4 Å². The minimum absolute atomic E-state index is 0. The molecule has 0 saturated heterocycles. The molecule has 3 heteroatoms. The third-order valence-corrected chi connectivity index (χ3v) is 1.01. The first-order chi connectivity index (χ1) is 4.79. The summed E-state index contributed by atoms with van der Waals surface area (Å²) in [4.78, 5) is 3.81. The van der Waals surface area contributed by atoms with Crippen LogP contribution in [0.3, 0.4) is 0 Å². The second-order valence-corrected chi connectivity index (χ2v) is 1.94. The van der Waals surface area contributed by atoms with Crippen molar-refractivity contribution in [2.24, 2.45) is 0 Å². The molecule has 0 aliphatic carbocycles. The molecule has 0 amide bonds. The Morgan fingerprint density at radius 3 is 2.27 bits per heavy atom. The first-order valence-electron chi connectivity index (χ1n) is 3.29. The zero-order chi connectivity index (χ0) is 7.98. The molecule has 0 unspecified atom stereocenters. The van der Waals surface area contributed by atoms with E-state index in [9.17, 15) is 0 Å². The van der Waals surface area contributed by atoms with Gasteiger partial charge < -0.3 is 4.98 Å². The summed E-state index contributed by atoms with van der Waals surface area (Å²) in [7, 11) is 0. The van der Waals surface area contributed by atoms with Gasteiger partial charge in [0, 0.05) is 37.9 Å². The molecule has 0 spiro atoms. The fourth-order valence-corrected chi connectivity index (χ4v) is 0.510. The Kier molecular flexibility index (Phi) is 11.1. The maximum Gasteiger partial charge on any atom is 0.0142 e. The number of hydrogen-bond donors (Lipinski definition) is 0. The Bertz CT molecular complexity index is 153. The number of halogens is 1. The maximum absolute atomic E-state index is 5.47. The second-order valence-electron chi connectivity index (χ2n) is 1.55. The van der Waals surface area contributed by atoms with Gasteiger partial charge in [0.2, 0.25) is 0 Å². The molecule has 11 heavy (non-hydrogen) atoms. The predicted molar refractivity (Wildman–Crippen MR) is 44.2 cm³/mol. The van der Waals surface area contributed by atoms with Gasteiger partial charge in [-0.2, -0.15) is 6.07 Å². The molecule has 0 fully saturated rings. The smallest absolute Gasteiger partial charge is 0.0142 e. The quantitative estimate of drug-likeness (QED) is 0.506. The molecular formula is C8H11ClNY-.